The normalized spacial score (nSPS) is 13.2. The number of carbonyl (C=O) groups is 2. The van der Waals surface area contributed by atoms with E-state index in [0.717, 1.165) is 39.6 Å². The number of rotatable bonds is 5. The number of thiazole rings is 1. The second-order valence-corrected chi connectivity index (χ2v) is 10.0. The summed E-state index contributed by atoms with van der Waals surface area (Å²) in [6, 6.07) is 9.09. The molecule has 4 aromatic heterocycles. The number of anilines is 1. The molecule has 6 rings (SSSR count). The van der Waals surface area contributed by atoms with Gasteiger partial charge in [-0.3, -0.25) is 29.2 Å². The van der Waals surface area contributed by atoms with Crippen LogP contribution in [0.4, 0.5) is 5.82 Å². The van der Waals surface area contributed by atoms with Gasteiger partial charge in [0.25, 0.3) is 5.91 Å². The summed E-state index contributed by atoms with van der Waals surface area (Å²) in [6.45, 7) is 0.149. The Morgan fingerprint density at radius 3 is 2.68 bits per heavy atom. The highest BCUT2D eigenvalue weighted by molar-refractivity contribution is 7.13. The van der Waals surface area contributed by atoms with Crippen molar-refractivity contribution < 1.29 is 9.59 Å². The van der Waals surface area contributed by atoms with Gasteiger partial charge in [0.2, 0.25) is 5.91 Å². The van der Waals surface area contributed by atoms with E-state index in [1.807, 2.05) is 19.2 Å². The molecule has 0 aliphatic heterocycles. The van der Waals surface area contributed by atoms with Gasteiger partial charge in [0, 0.05) is 48.9 Å². The Hall–Kier alpha value is -4.38. The molecule has 1 saturated carbocycles. The first kappa shape index (κ1) is 23.0. The smallest absolute Gasteiger partial charge is 0.272 e. The molecular weight excluding hydrogens is 488 g/mol. The van der Waals surface area contributed by atoms with E-state index in [-0.39, 0.29) is 24.3 Å². The number of nitrogens with two attached hydrogens (primary N) is 1. The summed E-state index contributed by atoms with van der Waals surface area (Å²) in [5, 5.41) is 8.69. The lowest BCUT2D eigenvalue weighted by Gasteiger charge is -2.32. The molecule has 1 aromatic carbocycles. The van der Waals surface area contributed by atoms with Gasteiger partial charge in [-0.2, -0.15) is 5.10 Å². The topological polar surface area (TPSA) is 123 Å². The van der Waals surface area contributed by atoms with Crippen LogP contribution in [0.15, 0.2) is 54.4 Å². The Balaban J connectivity index is 1.37. The minimum atomic E-state index is -0.307. The molecule has 4 heterocycles. The predicted molar refractivity (Wildman–Crippen MR) is 141 cm³/mol. The summed E-state index contributed by atoms with van der Waals surface area (Å²) in [7, 11) is 3.47. The molecule has 0 spiro atoms. The third kappa shape index (κ3) is 4.16. The van der Waals surface area contributed by atoms with Crippen molar-refractivity contribution in [1.29, 1.82) is 0 Å². The molecule has 11 heteroatoms. The number of fused-ring (bicyclic) bond motifs is 3. The van der Waals surface area contributed by atoms with Gasteiger partial charge in [-0.25, -0.2) is 9.99 Å². The zero-order valence-electron chi connectivity index (χ0n) is 20.3. The van der Waals surface area contributed by atoms with Crippen LogP contribution < -0.4 is 5.73 Å². The number of aromatic nitrogens is 5. The third-order valence-corrected chi connectivity index (χ3v) is 7.47. The highest BCUT2D eigenvalue weighted by atomic mass is 32.1. The first-order valence-corrected chi connectivity index (χ1v) is 12.7. The first-order chi connectivity index (χ1) is 17.9. The van der Waals surface area contributed by atoms with E-state index in [9.17, 15) is 9.59 Å². The fraction of sp³-hybridized carbons (Fsp3) is 0.231. The van der Waals surface area contributed by atoms with E-state index in [4.69, 9.17) is 5.73 Å². The number of hydrogen-bond donors (Lipinski definition) is 1. The highest BCUT2D eigenvalue weighted by Gasteiger charge is 2.36. The molecule has 10 nitrogen and oxygen atoms in total. The molecule has 1 aliphatic carbocycles. The van der Waals surface area contributed by atoms with Crippen molar-refractivity contribution in [3.8, 4) is 10.4 Å². The number of amides is 2. The molecule has 186 valence electrons. The van der Waals surface area contributed by atoms with Crippen molar-refractivity contribution >= 4 is 50.8 Å². The van der Waals surface area contributed by atoms with Crippen molar-refractivity contribution in [1.82, 2.24) is 34.8 Å². The summed E-state index contributed by atoms with van der Waals surface area (Å²) in [6.07, 6.45) is 6.91. The van der Waals surface area contributed by atoms with Gasteiger partial charge in [-0.05, 0) is 37.1 Å². The minimum absolute atomic E-state index is 0.0418. The lowest BCUT2D eigenvalue weighted by Crippen LogP contribution is -2.47. The third-order valence-electron chi connectivity index (χ3n) is 6.65. The van der Waals surface area contributed by atoms with Crippen LogP contribution in [0.1, 0.15) is 28.9 Å². The molecule has 0 saturated heterocycles. The van der Waals surface area contributed by atoms with Gasteiger partial charge in [-0.1, -0.05) is 6.07 Å². The summed E-state index contributed by atoms with van der Waals surface area (Å²) in [5.74, 6) is -0.0310. The summed E-state index contributed by atoms with van der Waals surface area (Å²) in [5.41, 5.74) is 11.4. The molecule has 0 atom stereocenters. The van der Waals surface area contributed by atoms with Crippen LogP contribution in [0.25, 0.3) is 32.2 Å². The van der Waals surface area contributed by atoms with E-state index in [2.05, 4.69) is 20.1 Å². The monoisotopic (exact) mass is 512 g/mol. The van der Waals surface area contributed by atoms with Gasteiger partial charge in [0.15, 0.2) is 0 Å². The zero-order valence-corrected chi connectivity index (χ0v) is 21.1. The molecule has 37 heavy (non-hydrogen) atoms. The number of hydrazine groups is 1. The Morgan fingerprint density at radius 2 is 1.97 bits per heavy atom. The Labute approximate surface area is 216 Å². The van der Waals surface area contributed by atoms with Gasteiger partial charge in [0.1, 0.15) is 5.82 Å². The van der Waals surface area contributed by atoms with Crippen molar-refractivity contribution in [2.75, 3.05) is 12.8 Å². The van der Waals surface area contributed by atoms with E-state index < -0.39 is 0 Å². The SMILES string of the molecule is CN(C(=O)C1CC1)N(Cc1ccc(-c2cncs2)cn1)C(=O)c1ccc2nc(N)c3cnn(C)c3c2c1. The van der Waals surface area contributed by atoms with E-state index in [0.29, 0.717) is 22.6 Å². The van der Waals surface area contributed by atoms with Crippen LogP contribution in [-0.2, 0) is 18.4 Å². The Morgan fingerprint density at radius 1 is 1.14 bits per heavy atom. The molecule has 1 aliphatic rings. The fourth-order valence-electron chi connectivity index (χ4n) is 4.44. The number of hydrogen-bond acceptors (Lipinski definition) is 8. The minimum Gasteiger partial charge on any atom is -0.383 e. The summed E-state index contributed by atoms with van der Waals surface area (Å²) < 4.78 is 1.72. The van der Waals surface area contributed by atoms with Crippen molar-refractivity contribution in [2.24, 2.45) is 13.0 Å². The largest absolute Gasteiger partial charge is 0.383 e. The maximum atomic E-state index is 13.9. The highest BCUT2D eigenvalue weighted by Crippen LogP contribution is 2.32. The second-order valence-electron chi connectivity index (χ2n) is 9.16. The molecule has 2 amide bonds. The standard InChI is InChI=1S/C26H24N8O2S/c1-32-23-19-9-16(6-8-21(19)31-24(27)20(23)11-30-32)26(36)34(33(2)25(35)15-3-4-15)13-18-7-5-17(10-29-18)22-12-28-14-37-22/h5-12,14-15H,3-4,13H2,1-2H3,(H2,27,31). The van der Waals surface area contributed by atoms with Crippen LogP contribution in [0.2, 0.25) is 0 Å². The lowest BCUT2D eigenvalue weighted by molar-refractivity contribution is -0.144. The van der Waals surface area contributed by atoms with Crippen molar-refractivity contribution in [3.63, 3.8) is 0 Å². The molecule has 1 fully saturated rings. The lowest BCUT2D eigenvalue weighted by atomic mass is 10.1. The van der Waals surface area contributed by atoms with E-state index in [1.54, 1.807) is 54.0 Å². The number of benzene rings is 1. The Kier molecular flexibility index (Phi) is 5.56. The van der Waals surface area contributed by atoms with Crippen LogP contribution >= 0.6 is 11.3 Å². The van der Waals surface area contributed by atoms with Crippen molar-refractivity contribution in [3.05, 3.63) is 65.7 Å². The average Bonchev–Trinajstić information content (AvgIpc) is 3.46. The molecule has 2 N–H and O–H groups in total. The summed E-state index contributed by atoms with van der Waals surface area (Å²) in [4.78, 5) is 41.1. The van der Waals surface area contributed by atoms with E-state index >= 15 is 0 Å². The number of aryl methyl sites for hydroxylation is 1. The quantitative estimate of drug-likeness (QED) is 0.357. The van der Waals surface area contributed by atoms with Crippen LogP contribution in [0, 0.1) is 5.92 Å². The molecule has 0 unspecified atom stereocenters. The predicted octanol–water partition coefficient (Wildman–Crippen LogP) is 3.65. The number of nitrogens with zero attached hydrogens (tertiary/aromatic N) is 7. The van der Waals surface area contributed by atoms with Gasteiger partial charge < -0.3 is 5.73 Å². The Bertz CT molecular complexity index is 1640. The fourth-order valence-corrected chi connectivity index (χ4v) is 5.06. The average molecular weight is 513 g/mol. The number of carbonyl (C=O) groups excluding carboxylic acids is 2. The van der Waals surface area contributed by atoms with Gasteiger partial charge >= 0.3 is 0 Å². The molecule has 5 aromatic rings. The van der Waals surface area contributed by atoms with Gasteiger partial charge in [-0.15, -0.1) is 11.3 Å². The second kappa shape index (κ2) is 8.93. The van der Waals surface area contributed by atoms with Crippen LogP contribution in [0.5, 0.6) is 0 Å². The van der Waals surface area contributed by atoms with Crippen LogP contribution in [0.3, 0.4) is 0 Å². The molecular formula is C26H24N8O2S. The summed E-state index contributed by atoms with van der Waals surface area (Å²) >= 11 is 1.53. The van der Waals surface area contributed by atoms with Crippen LogP contribution in [-0.4, -0.2) is 53.6 Å². The first-order valence-electron chi connectivity index (χ1n) is 11.8. The number of nitrogen functional groups attached to an aromatic ring is 1. The number of pyridine rings is 2. The van der Waals surface area contributed by atoms with Crippen molar-refractivity contribution in [2.45, 2.75) is 19.4 Å². The molecule has 0 radical (unpaired) electrons. The maximum absolute atomic E-state index is 13.9. The molecule has 0 bridgehead atoms. The zero-order chi connectivity index (χ0) is 25.7. The van der Waals surface area contributed by atoms with Gasteiger partial charge in [0.05, 0.1) is 45.2 Å². The van der Waals surface area contributed by atoms with E-state index in [1.165, 1.54) is 21.4 Å². The maximum Gasteiger partial charge on any atom is 0.272 e.